The van der Waals surface area contributed by atoms with E-state index in [0.29, 0.717) is 0 Å². The van der Waals surface area contributed by atoms with Gasteiger partial charge in [-0.25, -0.2) is 0 Å². The van der Waals surface area contributed by atoms with Gasteiger partial charge in [-0.2, -0.15) is 0 Å². The average molecular weight is 218 g/mol. The standard InChI is InChI=1S/C13H18N2O/c1-4-5-13(16)14-12-8-6-11(7-9-12)10-15(2)3/h4-9H,10H2,1-3H3,(H,14,16)/b5-4+. The quantitative estimate of drug-likeness (QED) is 0.786. The van der Waals surface area contributed by atoms with Gasteiger partial charge in [0.15, 0.2) is 0 Å². The Morgan fingerprint density at radius 3 is 2.44 bits per heavy atom. The van der Waals surface area contributed by atoms with Crippen LogP contribution in [0.15, 0.2) is 36.4 Å². The molecule has 1 aromatic rings. The third kappa shape index (κ3) is 4.28. The first-order chi connectivity index (χ1) is 7.61. The molecule has 0 aliphatic heterocycles. The van der Waals surface area contributed by atoms with Gasteiger partial charge in [-0.15, -0.1) is 0 Å². The predicted octanol–water partition coefficient (Wildman–Crippen LogP) is 2.26. The molecule has 1 aromatic carbocycles. The molecule has 16 heavy (non-hydrogen) atoms. The molecule has 0 aromatic heterocycles. The second kappa shape index (κ2) is 6.08. The van der Waals surface area contributed by atoms with E-state index >= 15 is 0 Å². The molecule has 3 nitrogen and oxygen atoms in total. The second-order valence-corrected chi connectivity index (χ2v) is 3.92. The molecule has 0 fully saturated rings. The van der Waals surface area contributed by atoms with Crippen molar-refractivity contribution in [3.63, 3.8) is 0 Å². The molecule has 0 saturated heterocycles. The van der Waals surface area contributed by atoms with E-state index in [1.807, 2.05) is 45.3 Å². The fourth-order valence-electron chi connectivity index (χ4n) is 1.39. The van der Waals surface area contributed by atoms with Crippen molar-refractivity contribution in [1.82, 2.24) is 4.90 Å². The highest BCUT2D eigenvalue weighted by Crippen LogP contribution is 2.10. The summed E-state index contributed by atoms with van der Waals surface area (Å²) in [6, 6.07) is 7.87. The van der Waals surface area contributed by atoms with Crippen LogP contribution in [0, 0.1) is 0 Å². The molecule has 0 unspecified atom stereocenters. The highest BCUT2D eigenvalue weighted by atomic mass is 16.1. The summed E-state index contributed by atoms with van der Waals surface area (Å²) >= 11 is 0. The highest BCUT2D eigenvalue weighted by Gasteiger charge is 1.98. The number of carbonyl (C=O) groups is 1. The Morgan fingerprint density at radius 1 is 1.31 bits per heavy atom. The number of hydrogen-bond donors (Lipinski definition) is 1. The van der Waals surface area contributed by atoms with Gasteiger partial charge in [0.25, 0.3) is 0 Å². The van der Waals surface area contributed by atoms with Gasteiger partial charge in [-0.05, 0) is 44.8 Å². The lowest BCUT2D eigenvalue weighted by Crippen LogP contribution is -2.11. The molecule has 0 spiro atoms. The molecule has 0 atom stereocenters. The topological polar surface area (TPSA) is 32.3 Å². The predicted molar refractivity (Wildman–Crippen MR) is 67.3 cm³/mol. The molecule has 0 bridgehead atoms. The minimum atomic E-state index is -0.0946. The van der Waals surface area contributed by atoms with Crippen molar-refractivity contribution in [2.24, 2.45) is 0 Å². The molecular weight excluding hydrogens is 200 g/mol. The number of benzene rings is 1. The normalized spacial score (nSPS) is 11.0. The Balaban J connectivity index is 2.61. The van der Waals surface area contributed by atoms with Gasteiger partial charge in [-0.1, -0.05) is 18.2 Å². The van der Waals surface area contributed by atoms with Crippen LogP contribution < -0.4 is 5.32 Å². The van der Waals surface area contributed by atoms with E-state index < -0.39 is 0 Å². The van der Waals surface area contributed by atoms with Crippen LogP contribution in [-0.4, -0.2) is 24.9 Å². The van der Waals surface area contributed by atoms with Crippen molar-refractivity contribution < 1.29 is 4.79 Å². The Kier molecular flexibility index (Phi) is 4.73. The molecule has 86 valence electrons. The number of nitrogens with zero attached hydrogens (tertiary/aromatic N) is 1. The maximum Gasteiger partial charge on any atom is 0.248 e. The lowest BCUT2D eigenvalue weighted by atomic mass is 10.2. The third-order valence-electron chi connectivity index (χ3n) is 2.04. The van der Waals surface area contributed by atoms with Crippen molar-refractivity contribution in [3.05, 3.63) is 42.0 Å². The van der Waals surface area contributed by atoms with Gasteiger partial charge in [0, 0.05) is 12.2 Å². The minimum absolute atomic E-state index is 0.0946. The number of rotatable bonds is 4. The Morgan fingerprint density at radius 2 is 1.94 bits per heavy atom. The smallest absolute Gasteiger partial charge is 0.248 e. The van der Waals surface area contributed by atoms with Crippen molar-refractivity contribution in [2.45, 2.75) is 13.5 Å². The van der Waals surface area contributed by atoms with Crippen LogP contribution in [0.3, 0.4) is 0 Å². The molecule has 0 radical (unpaired) electrons. The van der Waals surface area contributed by atoms with E-state index in [-0.39, 0.29) is 5.91 Å². The van der Waals surface area contributed by atoms with Crippen molar-refractivity contribution in [3.8, 4) is 0 Å². The van der Waals surface area contributed by atoms with Crippen LogP contribution in [0.5, 0.6) is 0 Å². The van der Waals surface area contributed by atoms with Crippen LogP contribution in [0.4, 0.5) is 5.69 Å². The van der Waals surface area contributed by atoms with E-state index in [9.17, 15) is 4.79 Å². The zero-order chi connectivity index (χ0) is 12.0. The van der Waals surface area contributed by atoms with Gasteiger partial charge >= 0.3 is 0 Å². The fourth-order valence-corrected chi connectivity index (χ4v) is 1.39. The Hall–Kier alpha value is -1.61. The first-order valence-electron chi connectivity index (χ1n) is 5.29. The van der Waals surface area contributed by atoms with Crippen molar-refractivity contribution in [2.75, 3.05) is 19.4 Å². The highest BCUT2D eigenvalue weighted by molar-refractivity contribution is 5.99. The van der Waals surface area contributed by atoms with E-state index in [0.717, 1.165) is 12.2 Å². The molecule has 1 rings (SSSR count). The molecule has 0 heterocycles. The van der Waals surface area contributed by atoms with Crippen molar-refractivity contribution in [1.29, 1.82) is 0 Å². The van der Waals surface area contributed by atoms with Crippen LogP contribution in [0.25, 0.3) is 0 Å². The van der Waals surface area contributed by atoms with E-state index in [1.54, 1.807) is 6.08 Å². The summed E-state index contributed by atoms with van der Waals surface area (Å²) in [4.78, 5) is 13.4. The number of anilines is 1. The van der Waals surface area contributed by atoms with Gasteiger partial charge in [0.1, 0.15) is 0 Å². The average Bonchev–Trinajstić information content (AvgIpc) is 2.20. The number of carbonyl (C=O) groups excluding carboxylic acids is 1. The van der Waals surface area contributed by atoms with E-state index in [1.165, 1.54) is 11.6 Å². The van der Waals surface area contributed by atoms with Crippen LogP contribution >= 0.6 is 0 Å². The number of hydrogen-bond acceptors (Lipinski definition) is 2. The zero-order valence-corrected chi connectivity index (χ0v) is 10.0. The SMILES string of the molecule is C/C=C/C(=O)Nc1ccc(CN(C)C)cc1. The Labute approximate surface area is 96.8 Å². The molecule has 0 aliphatic carbocycles. The lowest BCUT2D eigenvalue weighted by Gasteiger charge is -2.10. The summed E-state index contributed by atoms with van der Waals surface area (Å²) in [6.07, 6.45) is 3.23. The van der Waals surface area contributed by atoms with Gasteiger partial charge < -0.3 is 10.2 Å². The molecule has 3 heteroatoms. The maximum atomic E-state index is 11.3. The van der Waals surface area contributed by atoms with E-state index in [4.69, 9.17) is 0 Å². The Bertz CT molecular complexity index is 366. The third-order valence-corrected chi connectivity index (χ3v) is 2.04. The minimum Gasteiger partial charge on any atom is -0.323 e. The first-order valence-corrected chi connectivity index (χ1v) is 5.29. The molecule has 0 aliphatic rings. The summed E-state index contributed by atoms with van der Waals surface area (Å²) in [7, 11) is 4.06. The van der Waals surface area contributed by atoms with E-state index in [2.05, 4.69) is 10.2 Å². The summed E-state index contributed by atoms with van der Waals surface area (Å²) in [6.45, 7) is 2.73. The van der Waals surface area contributed by atoms with Gasteiger partial charge in [-0.3, -0.25) is 4.79 Å². The second-order valence-electron chi connectivity index (χ2n) is 3.92. The van der Waals surface area contributed by atoms with Gasteiger partial charge in [0.2, 0.25) is 5.91 Å². The molecule has 0 saturated carbocycles. The summed E-state index contributed by atoms with van der Waals surface area (Å²) in [5.74, 6) is -0.0946. The van der Waals surface area contributed by atoms with Crippen molar-refractivity contribution >= 4 is 11.6 Å². The molecule has 1 amide bonds. The monoisotopic (exact) mass is 218 g/mol. The zero-order valence-electron chi connectivity index (χ0n) is 10.0. The van der Waals surface area contributed by atoms with Crippen LogP contribution in [-0.2, 0) is 11.3 Å². The largest absolute Gasteiger partial charge is 0.323 e. The molecule has 1 N–H and O–H groups in total. The first kappa shape index (κ1) is 12.5. The maximum absolute atomic E-state index is 11.3. The summed E-state index contributed by atoms with van der Waals surface area (Å²) in [5, 5.41) is 2.78. The lowest BCUT2D eigenvalue weighted by molar-refractivity contribution is -0.111. The number of allylic oxidation sites excluding steroid dienone is 1. The summed E-state index contributed by atoms with van der Waals surface area (Å²) < 4.78 is 0. The summed E-state index contributed by atoms with van der Waals surface area (Å²) in [5.41, 5.74) is 2.06. The van der Waals surface area contributed by atoms with Crippen LogP contribution in [0.1, 0.15) is 12.5 Å². The molecular formula is C13H18N2O. The van der Waals surface area contributed by atoms with Gasteiger partial charge in [0.05, 0.1) is 0 Å². The number of nitrogens with one attached hydrogen (secondary N) is 1. The van der Waals surface area contributed by atoms with Crippen LogP contribution in [0.2, 0.25) is 0 Å². The number of amides is 1. The fraction of sp³-hybridized carbons (Fsp3) is 0.308.